The maximum Gasteiger partial charge on any atom is 0.264 e. The number of rotatable bonds is 6. The van der Waals surface area contributed by atoms with E-state index in [1.165, 1.54) is 23.5 Å². The number of benzene rings is 2. The second-order valence-electron chi connectivity index (χ2n) is 7.05. The molecular weight excluding hydrogens is 400 g/mol. The number of anilines is 2. The number of hydrogen-bond donors (Lipinski definition) is 1. The highest BCUT2D eigenvalue weighted by Gasteiger charge is 2.36. The van der Waals surface area contributed by atoms with Crippen molar-refractivity contribution in [2.75, 3.05) is 22.7 Å². The number of aryl methyl sites for hydroxylation is 1. The number of fused-ring (bicyclic) bond motifs is 1. The second kappa shape index (κ2) is 6.97. The van der Waals surface area contributed by atoms with Crippen LogP contribution in [0.5, 0.6) is 5.75 Å². The summed E-state index contributed by atoms with van der Waals surface area (Å²) in [5.74, 6) is 0.589. The molecule has 0 aromatic heterocycles. The van der Waals surface area contributed by atoms with E-state index < -0.39 is 20.0 Å². The van der Waals surface area contributed by atoms with Crippen LogP contribution < -0.4 is 13.8 Å². The average Bonchev–Trinajstić information content (AvgIpc) is 3.53. The van der Waals surface area contributed by atoms with Gasteiger partial charge in [0.05, 0.1) is 22.9 Å². The molecule has 1 aliphatic carbocycles. The van der Waals surface area contributed by atoms with Gasteiger partial charge in [0.25, 0.3) is 10.0 Å². The van der Waals surface area contributed by atoms with Gasteiger partial charge in [0.15, 0.2) is 0 Å². The highest BCUT2D eigenvalue weighted by atomic mass is 32.2. The zero-order chi connectivity index (χ0) is 19.9. The highest BCUT2D eigenvalue weighted by Crippen LogP contribution is 2.35. The van der Waals surface area contributed by atoms with Gasteiger partial charge in [-0.1, -0.05) is 0 Å². The van der Waals surface area contributed by atoms with Gasteiger partial charge < -0.3 is 4.74 Å². The summed E-state index contributed by atoms with van der Waals surface area (Å²) in [6.45, 7) is 0.383. The van der Waals surface area contributed by atoms with E-state index in [0.717, 1.165) is 5.56 Å². The van der Waals surface area contributed by atoms with Crippen molar-refractivity contribution in [2.45, 2.75) is 35.8 Å². The van der Waals surface area contributed by atoms with Gasteiger partial charge in [0.2, 0.25) is 10.0 Å². The average molecular weight is 423 g/mol. The lowest BCUT2D eigenvalue weighted by molar-refractivity contribution is 0.414. The Bertz CT molecular complexity index is 1090. The molecule has 2 aromatic rings. The van der Waals surface area contributed by atoms with Crippen molar-refractivity contribution < 1.29 is 21.6 Å². The molecule has 0 amide bonds. The number of ether oxygens (including phenoxy) is 1. The molecule has 4 rings (SSSR count). The minimum Gasteiger partial charge on any atom is -0.497 e. The summed E-state index contributed by atoms with van der Waals surface area (Å²) in [7, 11) is -5.54. The summed E-state index contributed by atoms with van der Waals surface area (Å²) in [5.41, 5.74) is 1.89. The van der Waals surface area contributed by atoms with E-state index in [9.17, 15) is 16.8 Å². The van der Waals surface area contributed by atoms with Gasteiger partial charge in [0, 0.05) is 12.2 Å². The zero-order valence-corrected chi connectivity index (χ0v) is 17.1. The van der Waals surface area contributed by atoms with Crippen LogP contribution in [0.4, 0.5) is 11.4 Å². The van der Waals surface area contributed by atoms with Crippen LogP contribution in [-0.2, 0) is 26.5 Å². The van der Waals surface area contributed by atoms with Crippen molar-refractivity contribution >= 4 is 31.4 Å². The summed E-state index contributed by atoms with van der Waals surface area (Å²) in [5, 5.41) is -0.310. The van der Waals surface area contributed by atoms with E-state index in [0.29, 0.717) is 49.4 Å². The van der Waals surface area contributed by atoms with Gasteiger partial charge >= 0.3 is 0 Å². The first-order valence-electron chi connectivity index (χ1n) is 9.12. The summed E-state index contributed by atoms with van der Waals surface area (Å²) in [6.07, 6.45) is 2.74. The van der Waals surface area contributed by atoms with Crippen LogP contribution in [0.25, 0.3) is 0 Å². The third-order valence-corrected chi connectivity index (χ3v) is 8.72. The van der Waals surface area contributed by atoms with Crippen LogP contribution in [0.15, 0.2) is 47.4 Å². The standard InChI is InChI=1S/C19H22N2O5S2/c1-26-16-5-7-18(8-6-16)28(24,25)21-12-2-3-14-13-15(4-11-19(14)21)20-27(22,23)17-9-10-17/h4-8,11,13,17,20H,2-3,9-10,12H2,1H3. The smallest absolute Gasteiger partial charge is 0.264 e. The van der Waals surface area contributed by atoms with Crippen molar-refractivity contribution in [3.63, 3.8) is 0 Å². The Hall–Kier alpha value is -2.26. The minimum atomic E-state index is -3.71. The summed E-state index contributed by atoms with van der Waals surface area (Å²) >= 11 is 0. The monoisotopic (exact) mass is 422 g/mol. The Morgan fingerprint density at radius 3 is 2.39 bits per heavy atom. The highest BCUT2D eigenvalue weighted by molar-refractivity contribution is 7.93. The minimum absolute atomic E-state index is 0.194. The Morgan fingerprint density at radius 2 is 1.75 bits per heavy atom. The van der Waals surface area contributed by atoms with Gasteiger partial charge in [-0.15, -0.1) is 0 Å². The lowest BCUT2D eigenvalue weighted by Gasteiger charge is -2.31. The number of nitrogens with zero attached hydrogens (tertiary/aromatic N) is 1. The van der Waals surface area contributed by atoms with Gasteiger partial charge in [-0.3, -0.25) is 9.03 Å². The van der Waals surface area contributed by atoms with Crippen LogP contribution in [-0.4, -0.2) is 35.7 Å². The first kappa shape index (κ1) is 19.1. The Morgan fingerprint density at radius 1 is 1.04 bits per heavy atom. The van der Waals surface area contributed by atoms with Gasteiger partial charge in [-0.25, -0.2) is 16.8 Å². The fraction of sp³-hybridized carbons (Fsp3) is 0.368. The first-order chi connectivity index (χ1) is 13.3. The molecule has 7 nitrogen and oxygen atoms in total. The second-order valence-corrected chi connectivity index (χ2v) is 10.9. The molecule has 2 aromatic carbocycles. The molecule has 1 fully saturated rings. The molecule has 9 heteroatoms. The number of methoxy groups -OCH3 is 1. The predicted molar refractivity (Wildman–Crippen MR) is 108 cm³/mol. The normalized spacial score (nSPS) is 17.1. The van der Waals surface area contributed by atoms with Crippen molar-refractivity contribution in [1.29, 1.82) is 0 Å². The van der Waals surface area contributed by atoms with E-state index in [4.69, 9.17) is 4.74 Å². The molecule has 0 unspecified atom stereocenters. The Labute approximate surface area is 165 Å². The van der Waals surface area contributed by atoms with E-state index in [1.807, 2.05) is 0 Å². The van der Waals surface area contributed by atoms with Crippen LogP contribution >= 0.6 is 0 Å². The lowest BCUT2D eigenvalue weighted by Crippen LogP contribution is -2.35. The maximum atomic E-state index is 13.1. The fourth-order valence-electron chi connectivity index (χ4n) is 3.38. The van der Waals surface area contributed by atoms with Gasteiger partial charge in [0.1, 0.15) is 5.75 Å². The van der Waals surface area contributed by atoms with Gasteiger partial charge in [-0.2, -0.15) is 0 Å². The maximum absolute atomic E-state index is 13.1. The van der Waals surface area contributed by atoms with Crippen molar-refractivity contribution in [1.82, 2.24) is 0 Å². The third-order valence-electron chi connectivity index (χ3n) is 5.03. The lowest BCUT2D eigenvalue weighted by atomic mass is 10.0. The Kier molecular flexibility index (Phi) is 4.75. The molecule has 1 aliphatic heterocycles. The summed E-state index contributed by atoms with van der Waals surface area (Å²) in [4.78, 5) is 0.194. The molecule has 0 atom stereocenters. The van der Waals surface area contributed by atoms with Gasteiger partial charge in [-0.05, 0) is 73.7 Å². The number of sulfonamides is 2. The molecule has 0 bridgehead atoms. The molecule has 150 valence electrons. The SMILES string of the molecule is COc1ccc(S(=O)(=O)N2CCCc3cc(NS(=O)(=O)C4CC4)ccc32)cc1. The van der Waals surface area contributed by atoms with E-state index in [2.05, 4.69) is 4.72 Å². The molecule has 2 aliphatic rings. The first-order valence-corrected chi connectivity index (χ1v) is 12.1. The third kappa shape index (κ3) is 3.56. The quantitative estimate of drug-likeness (QED) is 0.773. The van der Waals surface area contributed by atoms with E-state index in [-0.39, 0.29) is 10.1 Å². The van der Waals surface area contributed by atoms with Crippen LogP contribution in [0.3, 0.4) is 0 Å². The van der Waals surface area contributed by atoms with E-state index >= 15 is 0 Å². The fourth-order valence-corrected chi connectivity index (χ4v) is 6.30. The van der Waals surface area contributed by atoms with Crippen molar-refractivity contribution in [2.24, 2.45) is 0 Å². The molecule has 0 saturated heterocycles. The number of nitrogens with one attached hydrogen (secondary N) is 1. The molecule has 28 heavy (non-hydrogen) atoms. The van der Waals surface area contributed by atoms with Crippen molar-refractivity contribution in [3.05, 3.63) is 48.0 Å². The molecule has 1 N–H and O–H groups in total. The Balaban J connectivity index is 1.64. The molecular formula is C19H22N2O5S2. The van der Waals surface area contributed by atoms with Crippen molar-refractivity contribution in [3.8, 4) is 5.75 Å². The molecule has 0 spiro atoms. The van der Waals surface area contributed by atoms with Crippen LogP contribution in [0.2, 0.25) is 0 Å². The molecule has 1 heterocycles. The largest absolute Gasteiger partial charge is 0.497 e. The summed E-state index contributed by atoms with van der Waals surface area (Å²) < 4.78 is 59.7. The number of hydrogen-bond acceptors (Lipinski definition) is 5. The van der Waals surface area contributed by atoms with Crippen LogP contribution in [0, 0.1) is 0 Å². The van der Waals surface area contributed by atoms with E-state index in [1.54, 1.807) is 30.3 Å². The van der Waals surface area contributed by atoms with Crippen LogP contribution in [0.1, 0.15) is 24.8 Å². The molecule has 1 saturated carbocycles. The predicted octanol–water partition coefficient (Wildman–Crippen LogP) is 2.74. The molecule has 0 radical (unpaired) electrons. The summed E-state index contributed by atoms with van der Waals surface area (Å²) in [6, 6.07) is 11.3. The topological polar surface area (TPSA) is 92.8 Å². The zero-order valence-electron chi connectivity index (χ0n) is 15.5.